The highest BCUT2D eigenvalue weighted by molar-refractivity contribution is 5.78. The molecule has 26 nitrogen and oxygen atoms in total. The lowest BCUT2D eigenvalue weighted by molar-refractivity contribution is -0.389. The van der Waals surface area contributed by atoms with Crippen molar-refractivity contribution in [1.29, 1.82) is 0 Å². The Kier molecular flexibility index (Phi) is 16.4. The van der Waals surface area contributed by atoms with E-state index < -0.39 is 179 Å². The molecular formula is C31H52N2O24. The second kappa shape index (κ2) is 19.8. The largest absolute Gasteiger partial charge is 0.477 e. The average Bonchev–Trinajstić information content (AvgIpc) is 3.17. The Labute approximate surface area is 322 Å². The third-order valence-electron chi connectivity index (χ3n) is 10.0. The van der Waals surface area contributed by atoms with Gasteiger partial charge in [-0.1, -0.05) is 0 Å². The summed E-state index contributed by atoms with van der Waals surface area (Å²) >= 11 is 0. The number of ether oxygens (including phenoxy) is 7. The lowest BCUT2D eigenvalue weighted by Crippen LogP contribution is -2.71. The Morgan fingerprint density at radius 1 is 0.754 bits per heavy atom. The number of hydrogen-bond donors (Lipinski definition) is 16. The first-order chi connectivity index (χ1) is 26.7. The van der Waals surface area contributed by atoms with E-state index in [2.05, 4.69) is 10.6 Å². The van der Waals surface area contributed by atoms with Gasteiger partial charge in [0, 0.05) is 13.3 Å². The molecule has 0 unspecified atom stereocenters. The fraction of sp³-hybridized carbons (Fsp3) is 0.903. The van der Waals surface area contributed by atoms with Crippen LogP contribution in [0.4, 0.5) is 0 Å². The highest BCUT2D eigenvalue weighted by Crippen LogP contribution is 2.39. The summed E-state index contributed by atoms with van der Waals surface area (Å²) in [5, 5.41) is 151. The van der Waals surface area contributed by atoms with Crippen LogP contribution in [-0.4, -0.2) is 244 Å². The van der Waals surface area contributed by atoms with E-state index in [0.717, 1.165) is 6.92 Å². The van der Waals surface area contributed by atoms with Crippen LogP contribution in [0.15, 0.2) is 0 Å². The SMILES string of the molecule is CC(=O)N[C@@H]1[C@@H](O[C@@H]2O[C@H](CO)[C@H](O)[C@H](O[C@]3(C(=O)O)C[C@H](O)[C@@H](NC(=O)CO)[C@H]([C@H](O)[C@H](O)CO)O3)[C@H]2O)[C@H](O[C@@H]2O[C@@H](C)[C@@H](O)[C@@H](O)[C@@H]2O)[C@@H](CO)O[C@@H]1O. The molecule has 0 radical (unpaired) electrons. The van der Waals surface area contributed by atoms with E-state index in [9.17, 15) is 85.9 Å². The van der Waals surface area contributed by atoms with E-state index in [1.807, 2.05) is 0 Å². The molecule has 26 heteroatoms. The summed E-state index contributed by atoms with van der Waals surface area (Å²) in [6.07, 6.45) is -35.9. The Balaban J connectivity index is 1.72. The number of carbonyl (C=O) groups excluding carboxylic acids is 2. The highest BCUT2D eigenvalue weighted by Gasteiger charge is 2.60. The van der Waals surface area contributed by atoms with Gasteiger partial charge in [0.25, 0.3) is 5.79 Å². The van der Waals surface area contributed by atoms with Gasteiger partial charge in [0.15, 0.2) is 18.9 Å². The minimum Gasteiger partial charge on any atom is -0.477 e. The van der Waals surface area contributed by atoms with Gasteiger partial charge >= 0.3 is 5.97 Å². The van der Waals surface area contributed by atoms with Gasteiger partial charge in [-0.2, -0.15) is 0 Å². The monoisotopic (exact) mass is 836 g/mol. The molecule has 4 aliphatic heterocycles. The Hall–Kier alpha value is -2.39. The molecular weight excluding hydrogens is 784 g/mol. The van der Waals surface area contributed by atoms with Gasteiger partial charge < -0.3 is 115 Å². The fourth-order valence-electron chi connectivity index (χ4n) is 6.99. The van der Waals surface area contributed by atoms with E-state index in [0.29, 0.717) is 0 Å². The summed E-state index contributed by atoms with van der Waals surface area (Å²) in [7, 11) is 0. The molecule has 4 aliphatic rings. The zero-order chi connectivity index (χ0) is 42.7. The number of hydrogen-bond acceptors (Lipinski definition) is 23. The molecule has 2 amide bonds. The number of aliphatic hydroxyl groups is 13. The second-order valence-electron chi connectivity index (χ2n) is 14.0. The molecule has 0 saturated carbocycles. The van der Waals surface area contributed by atoms with Gasteiger partial charge in [-0.05, 0) is 6.92 Å². The zero-order valence-corrected chi connectivity index (χ0v) is 30.4. The predicted octanol–water partition coefficient (Wildman–Crippen LogP) is -10.3. The molecule has 0 aliphatic carbocycles. The van der Waals surface area contributed by atoms with Crippen LogP contribution >= 0.6 is 0 Å². The van der Waals surface area contributed by atoms with Crippen molar-refractivity contribution in [2.24, 2.45) is 0 Å². The maximum Gasteiger partial charge on any atom is 0.364 e. The standard InChI is InChI=1S/C31H52N2O24/c1-8-17(42)20(45)21(46)28(51-8)54-23-13(6-36)52-27(48)16(32-9(2)38)25(23)55-29-22(47)26(19(44)12(5-35)53-29)57-31(30(49)50)3-10(39)15(33-14(41)7-37)24(56-31)18(43)11(40)4-34/h8,10-13,15-29,34-37,39-40,42-48H,3-7H2,1-2H3,(H,32,38)(H,33,41)(H,49,50)/t8-,10-,11+,12+,13+,15+,16+,17+,18+,19-,20+,21-,22+,23+,24+,25+,26-,27-,28-,29-,31-/m0/s1. The fourth-order valence-corrected chi connectivity index (χ4v) is 6.99. The number of aliphatic carboxylic acids is 1. The molecule has 4 fully saturated rings. The van der Waals surface area contributed by atoms with Crippen molar-refractivity contribution in [2.75, 3.05) is 26.4 Å². The van der Waals surface area contributed by atoms with Crippen molar-refractivity contribution in [3.63, 3.8) is 0 Å². The maximum absolute atomic E-state index is 12.9. The van der Waals surface area contributed by atoms with Crippen LogP contribution < -0.4 is 10.6 Å². The Morgan fingerprint density at radius 2 is 1.37 bits per heavy atom. The predicted molar refractivity (Wildman–Crippen MR) is 174 cm³/mol. The minimum atomic E-state index is -3.19. The number of carboxylic acid groups (broad SMARTS) is 1. The molecule has 0 aromatic rings. The van der Waals surface area contributed by atoms with Gasteiger partial charge in [0.05, 0.1) is 38.1 Å². The molecule has 4 saturated heterocycles. The molecule has 0 bridgehead atoms. The Bertz CT molecular complexity index is 1350. The van der Waals surface area contributed by atoms with Crippen LogP contribution in [0.1, 0.15) is 20.3 Å². The summed E-state index contributed by atoms with van der Waals surface area (Å²) < 4.78 is 39.5. The third kappa shape index (κ3) is 10.2. The topological polar surface area (TPSA) is 423 Å². The van der Waals surface area contributed by atoms with Crippen molar-refractivity contribution in [3.8, 4) is 0 Å². The molecule has 16 N–H and O–H groups in total. The van der Waals surface area contributed by atoms with E-state index in [-0.39, 0.29) is 0 Å². The molecule has 0 aromatic heterocycles. The number of rotatable bonds is 15. The van der Waals surface area contributed by atoms with Gasteiger partial charge in [-0.25, -0.2) is 4.79 Å². The van der Waals surface area contributed by atoms with Gasteiger partial charge in [-0.3, -0.25) is 9.59 Å². The van der Waals surface area contributed by atoms with Crippen molar-refractivity contribution in [3.05, 3.63) is 0 Å². The quantitative estimate of drug-likeness (QED) is 0.0728. The molecule has 4 heterocycles. The minimum absolute atomic E-state index is 0.804. The molecule has 57 heavy (non-hydrogen) atoms. The highest BCUT2D eigenvalue weighted by atomic mass is 16.8. The van der Waals surface area contributed by atoms with E-state index in [1.54, 1.807) is 0 Å². The lowest BCUT2D eigenvalue weighted by Gasteiger charge is -2.51. The molecule has 330 valence electrons. The normalized spacial score (nSPS) is 45.1. The number of amides is 2. The summed E-state index contributed by atoms with van der Waals surface area (Å²) in [5.41, 5.74) is 0. The van der Waals surface area contributed by atoms with Crippen LogP contribution in [0, 0.1) is 0 Å². The number of carbonyl (C=O) groups is 3. The average molecular weight is 837 g/mol. The number of carboxylic acids is 1. The van der Waals surface area contributed by atoms with Gasteiger partial charge in [-0.15, -0.1) is 0 Å². The first kappa shape index (κ1) is 47.3. The first-order valence-corrected chi connectivity index (χ1v) is 17.7. The van der Waals surface area contributed by atoms with Crippen LogP contribution in [0.3, 0.4) is 0 Å². The van der Waals surface area contributed by atoms with Crippen molar-refractivity contribution in [1.82, 2.24) is 10.6 Å². The summed E-state index contributed by atoms with van der Waals surface area (Å²) in [6, 6.07) is -3.45. The lowest BCUT2D eigenvalue weighted by atomic mass is 9.88. The number of nitrogens with one attached hydrogen (secondary N) is 2. The maximum atomic E-state index is 12.9. The first-order valence-electron chi connectivity index (χ1n) is 17.7. The van der Waals surface area contributed by atoms with Gasteiger partial charge in [0.2, 0.25) is 11.8 Å². The summed E-state index contributed by atoms with van der Waals surface area (Å²) in [4.78, 5) is 37.2. The molecule has 0 aromatic carbocycles. The smallest absolute Gasteiger partial charge is 0.364 e. The van der Waals surface area contributed by atoms with Crippen LogP contribution in [0.2, 0.25) is 0 Å². The van der Waals surface area contributed by atoms with E-state index in [4.69, 9.17) is 33.2 Å². The van der Waals surface area contributed by atoms with E-state index in [1.165, 1.54) is 6.92 Å². The van der Waals surface area contributed by atoms with E-state index >= 15 is 0 Å². The van der Waals surface area contributed by atoms with Crippen LogP contribution in [0.5, 0.6) is 0 Å². The van der Waals surface area contributed by atoms with Crippen molar-refractivity contribution < 1.29 is 119 Å². The number of aliphatic hydroxyl groups excluding tert-OH is 13. The molecule has 21 atom stereocenters. The van der Waals surface area contributed by atoms with Crippen molar-refractivity contribution in [2.45, 2.75) is 149 Å². The summed E-state index contributed by atoms with van der Waals surface area (Å²) in [6.45, 7) is -1.97. The Morgan fingerprint density at radius 3 is 1.93 bits per heavy atom. The van der Waals surface area contributed by atoms with Crippen molar-refractivity contribution >= 4 is 17.8 Å². The summed E-state index contributed by atoms with van der Waals surface area (Å²) in [5.74, 6) is -7.20. The van der Waals surface area contributed by atoms with Crippen LogP contribution in [0.25, 0.3) is 0 Å². The van der Waals surface area contributed by atoms with Crippen LogP contribution in [-0.2, 0) is 47.5 Å². The molecule has 0 spiro atoms. The zero-order valence-electron chi connectivity index (χ0n) is 30.4. The molecule has 4 rings (SSSR count). The second-order valence-corrected chi connectivity index (χ2v) is 14.0. The van der Waals surface area contributed by atoms with Gasteiger partial charge in [0.1, 0.15) is 92.0 Å². The third-order valence-corrected chi connectivity index (χ3v) is 10.0.